The van der Waals surface area contributed by atoms with Crippen LogP contribution in [0.4, 0.5) is 0 Å². The minimum absolute atomic E-state index is 0.678. The van der Waals surface area contributed by atoms with Crippen molar-refractivity contribution >= 4 is 103 Å². The fourth-order valence-electron chi connectivity index (χ4n) is 9.48. The first kappa shape index (κ1) is 26.8. The van der Waals surface area contributed by atoms with E-state index in [-0.39, 0.29) is 0 Å². The van der Waals surface area contributed by atoms with E-state index in [0.29, 0.717) is 5.95 Å². The van der Waals surface area contributed by atoms with Gasteiger partial charge in [0.1, 0.15) is 0 Å². The molecule has 0 bridgehead atoms. The third-order valence-corrected chi connectivity index (χ3v) is 11.6. The Bertz CT molecular complexity index is 3630. The van der Waals surface area contributed by atoms with Crippen LogP contribution in [0.15, 0.2) is 158 Å². The van der Waals surface area contributed by atoms with Gasteiger partial charge in [-0.25, -0.2) is 9.97 Å². The lowest BCUT2D eigenvalue weighted by Gasteiger charge is -2.14. The Morgan fingerprint density at radius 3 is 1.75 bits per heavy atom. The summed E-state index contributed by atoms with van der Waals surface area (Å²) >= 11 is 0. The predicted octanol–water partition coefficient (Wildman–Crippen LogP) is 12.4. The van der Waals surface area contributed by atoms with Crippen molar-refractivity contribution in [2.24, 2.45) is 0 Å². The van der Waals surface area contributed by atoms with Crippen molar-refractivity contribution in [3.05, 3.63) is 158 Å². The summed E-state index contributed by atoms with van der Waals surface area (Å²) < 4.78 is 4.85. The largest absolute Gasteiger partial charge is 0.308 e. The van der Waals surface area contributed by atoms with Gasteiger partial charge in [0.15, 0.2) is 0 Å². The summed E-state index contributed by atoms with van der Waals surface area (Å²) in [6, 6.07) is 57.3. The highest BCUT2D eigenvalue weighted by atomic mass is 15.2. The molecule has 0 N–H and O–H groups in total. The molecule has 9 aromatic carbocycles. The molecule has 238 valence electrons. The third kappa shape index (κ3) is 3.19. The van der Waals surface area contributed by atoms with Gasteiger partial charge in [-0.05, 0) is 62.6 Å². The smallest absolute Gasteiger partial charge is 0.235 e. The molecule has 0 fully saturated rings. The van der Waals surface area contributed by atoms with Crippen LogP contribution in [-0.4, -0.2) is 18.9 Å². The SMILES string of the molecule is c1ccc(-c2nc(-n3c4ccc5cccc6c5c4c4c5c(ccc7c8c9ccccc9ccc8n6c75)ccc43)nc3ccc4ccccc4c23)cc1. The van der Waals surface area contributed by atoms with Crippen LogP contribution < -0.4 is 0 Å². The van der Waals surface area contributed by atoms with Crippen LogP contribution in [0.5, 0.6) is 0 Å². The zero-order chi connectivity index (χ0) is 33.7. The van der Waals surface area contributed by atoms with E-state index in [1.165, 1.54) is 75.8 Å². The van der Waals surface area contributed by atoms with Crippen molar-refractivity contribution in [1.29, 1.82) is 0 Å². The van der Waals surface area contributed by atoms with Crippen molar-refractivity contribution in [3.63, 3.8) is 0 Å². The molecule has 13 aromatic rings. The van der Waals surface area contributed by atoms with E-state index in [4.69, 9.17) is 9.97 Å². The summed E-state index contributed by atoms with van der Waals surface area (Å²) in [6.45, 7) is 0. The topological polar surface area (TPSA) is 35.1 Å². The van der Waals surface area contributed by atoms with Crippen LogP contribution in [0.1, 0.15) is 0 Å². The molecule has 4 aromatic heterocycles. The second-order valence-electron chi connectivity index (χ2n) is 14.1. The van der Waals surface area contributed by atoms with E-state index in [1.807, 2.05) is 0 Å². The van der Waals surface area contributed by atoms with Crippen LogP contribution in [0.3, 0.4) is 0 Å². The summed E-state index contributed by atoms with van der Waals surface area (Å²) in [4.78, 5) is 10.9. The molecule has 0 aliphatic heterocycles. The van der Waals surface area contributed by atoms with E-state index in [2.05, 4.69) is 167 Å². The van der Waals surface area contributed by atoms with Gasteiger partial charge in [0.2, 0.25) is 5.95 Å². The van der Waals surface area contributed by atoms with Gasteiger partial charge in [-0.15, -0.1) is 0 Å². The van der Waals surface area contributed by atoms with Crippen molar-refractivity contribution in [3.8, 4) is 17.2 Å². The fourth-order valence-corrected chi connectivity index (χ4v) is 9.48. The molecule has 0 saturated heterocycles. The van der Waals surface area contributed by atoms with Crippen molar-refractivity contribution < 1.29 is 0 Å². The third-order valence-electron chi connectivity index (χ3n) is 11.6. The summed E-state index contributed by atoms with van der Waals surface area (Å²) in [6.07, 6.45) is 0. The van der Waals surface area contributed by atoms with Gasteiger partial charge in [0.05, 0.1) is 38.8 Å². The maximum atomic E-state index is 5.51. The highest BCUT2D eigenvalue weighted by molar-refractivity contribution is 6.38. The second-order valence-corrected chi connectivity index (χ2v) is 14.1. The number of rotatable bonds is 2. The molecule has 0 amide bonds. The van der Waals surface area contributed by atoms with E-state index in [9.17, 15) is 0 Å². The number of hydrogen-bond acceptors (Lipinski definition) is 2. The predicted molar refractivity (Wildman–Crippen MR) is 218 cm³/mol. The maximum absolute atomic E-state index is 5.51. The minimum atomic E-state index is 0.678. The van der Waals surface area contributed by atoms with Gasteiger partial charge >= 0.3 is 0 Å². The van der Waals surface area contributed by atoms with Crippen molar-refractivity contribution in [2.45, 2.75) is 0 Å². The molecular formula is C48H26N4. The fraction of sp³-hybridized carbons (Fsp3) is 0. The van der Waals surface area contributed by atoms with Crippen molar-refractivity contribution in [2.75, 3.05) is 0 Å². The molecule has 13 rings (SSSR count). The van der Waals surface area contributed by atoms with Crippen molar-refractivity contribution in [1.82, 2.24) is 18.9 Å². The highest BCUT2D eigenvalue weighted by Crippen LogP contribution is 2.48. The maximum Gasteiger partial charge on any atom is 0.235 e. The van der Waals surface area contributed by atoms with E-state index < -0.39 is 0 Å². The standard InChI is InChI=1S/C48H26N4/c1-2-11-31(12-3-1)46-43-33-15-7-5-9-27(33)18-23-35(43)49-48(50-46)52-38-25-20-29-13-8-16-36-40(29)44(38)45-39(52)26-21-30-17-22-34-42-32-14-6-4-10-28(32)19-24-37(42)51(36)47(34)41(30)45/h1-26H. The van der Waals surface area contributed by atoms with Crippen LogP contribution in [0, 0.1) is 0 Å². The van der Waals surface area contributed by atoms with Gasteiger partial charge in [-0.3, -0.25) is 4.57 Å². The first-order valence-corrected chi connectivity index (χ1v) is 17.8. The van der Waals surface area contributed by atoms with E-state index in [0.717, 1.165) is 38.6 Å². The summed E-state index contributed by atoms with van der Waals surface area (Å²) in [5, 5.41) is 16.0. The van der Waals surface area contributed by atoms with Gasteiger partial charge in [-0.2, -0.15) is 0 Å². The number of benzene rings is 9. The van der Waals surface area contributed by atoms with Gasteiger partial charge < -0.3 is 4.40 Å². The first-order chi connectivity index (χ1) is 25.8. The monoisotopic (exact) mass is 658 g/mol. The molecule has 0 aliphatic rings. The molecule has 0 unspecified atom stereocenters. The first-order valence-electron chi connectivity index (χ1n) is 17.8. The molecule has 4 heterocycles. The molecule has 0 aliphatic carbocycles. The zero-order valence-corrected chi connectivity index (χ0v) is 27.8. The summed E-state index contributed by atoms with van der Waals surface area (Å²) in [5.74, 6) is 0.678. The molecule has 0 atom stereocenters. The molecular weight excluding hydrogens is 633 g/mol. The number of nitrogens with zero attached hydrogens (tertiary/aromatic N) is 4. The van der Waals surface area contributed by atoms with Gasteiger partial charge in [-0.1, -0.05) is 127 Å². The summed E-state index contributed by atoms with van der Waals surface area (Å²) in [5.41, 5.74) is 8.87. The van der Waals surface area contributed by atoms with Crippen LogP contribution >= 0.6 is 0 Å². The Hall–Kier alpha value is -7.04. The van der Waals surface area contributed by atoms with Crippen LogP contribution in [0.25, 0.3) is 120 Å². The van der Waals surface area contributed by atoms with E-state index in [1.54, 1.807) is 0 Å². The Labute approximate surface area is 296 Å². The molecule has 0 spiro atoms. The van der Waals surface area contributed by atoms with Crippen LogP contribution in [0.2, 0.25) is 0 Å². The number of hydrogen-bond donors (Lipinski definition) is 0. The van der Waals surface area contributed by atoms with E-state index >= 15 is 0 Å². The summed E-state index contributed by atoms with van der Waals surface area (Å²) in [7, 11) is 0. The Balaban J connectivity index is 1.27. The van der Waals surface area contributed by atoms with Gasteiger partial charge in [0.25, 0.3) is 0 Å². The minimum Gasteiger partial charge on any atom is -0.308 e. The molecule has 52 heavy (non-hydrogen) atoms. The lowest BCUT2D eigenvalue weighted by molar-refractivity contribution is 1.01. The second kappa shape index (κ2) is 9.39. The molecule has 4 nitrogen and oxygen atoms in total. The normalized spacial score (nSPS) is 12.6. The Morgan fingerprint density at radius 2 is 0.942 bits per heavy atom. The lowest BCUT2D eigenvalue weighted by atomic mass is 9.97. The number of aromatic nitrogens is 4. The molecule has 4 heteroatoms. The molecule has 0 radical (unpaired) electrons. The zero-order valence-electron chi connectivity index (χ0n) is 27.8. The molecule has 0 saturated carbocycles. The Kier molecular flexibility index (Phi) is 4.83. The van der Waals surface area contributed by atoms with Crippen LogP contribution in [-0.2, 0) is 0 Å². The Morgan fingerprint density at radius 1 is 0.346 bits per heavy atom. The lowest BCUT2D eigenvalue weighted by Crippen LogP contribution is -2.04. The number of fused-ring (bicyclic) bond motifs is 9. The highest BCUT2D eigenvalue weighted by Gasteiger charge is 2.26. The van der Waals surface area contributed by atoms with Gasteiger partial charge in [0, 0.05) is 43.3 Å². The average molecular weight is 659 g/mol. The average Bonchev–Trinajstić information content (AvgIpc) is 3.69. The quantitative estimate of drug-likeness (QED) is 0.173.